The fourth-order valence-electron chi connectivity index (χ4n) is 2.55. The number of carbonyl (C=O) groups excluding carboxylic acids is 1. The Bertz CT molecular complexity index is 656. The van der Waals surface area contributed by atoms with Crippen molar-refractivity contribution in [2.24, 2.45) is 0 Å². The molecule has 0 aromatic heterocycles. The molecule has 2 nitrogen and oxygen atoms in total. The smallest absolute Gasteiger partial charge is 0.256 e. The number of hydrogen-bond donors (Lipinski definition) is 1. The minimum absolute atomic E-state index is 0.0331. The van der Waals surface area contributed by atoms with Crippen LogP contribution in [0.25, 0.3) is 0 Å². The average Bonchev–Trinajstić information content (AvgIpc) is 2.48. The standard InChI is InChI=1S/C19H23NOS/c1-5-10-22-17-9-7-6-8-16(17)19(21)20-18-14(3)11-13(2)12-15(18)4/h6-9,11-12H,5,10H2,1-4H3,(H,20,21). The number of benzene rings is 2. The Morgan fingerprint density at radius 2 is 1.73 bits per heavy atom. The molecule has 0 aliphatic carbocycles. The molecule has 1 N–H and O–H groups in total. The van der Waals surface area contributed by atoms with Crippen LogP contribution in [0.1, 0.15) is 40.4 Å². The van der Waals surface area contributed by atoms with Crippen LogP contribution < -0.4 is 5.32 Å². The Morgan fingerprint density at radius 1 is 1.09 bits per heavy atom. The molecule has 2 aromatic rings. The fraction of sp³-hybridized carbons (Fsp3) is 0.316. The van der Waals surface area contributed by atoms with Gasteiger partial charge in [0.1, 0.15) is 0 Å². The molecule has 0 bridgehead atoms. The predicted octanol–water partition coefficient (Wildman–Crippen LogP) is 5.37. The normalized spacial score (nSPS) is 10.5. The fourth-order valence-corrected chi connectivity index (χ4v) is 3.47. The van der Waals surface area contributed by atoms with Crippen LogP contribution in [0.3, 0.4) is 0 Å². The highest BCUT2D eigenvalue weighted by Crippen LogP contribution is 2.26. The van der Waals surface area contributed by atoms with Gasteiger partial charge in [-0.05, 0) is 56.2 Å². The first kappa shape index (κ1) is 16.6. The molecular weight excluding hydrogens is 290 g/mol. The highest BCUT2D eigenvalue weighted by atomic mass is 32.2. The number of rotatable bonds is 5. The quantitative estimate of drug-likeness (QED) is 0.752. The van der Waals surface area contributed by atoms with E-state index >= 15 is 0 Å². The Kier molecular flexibility index (Phi) is 5.67. The van der Waals surface area contributed by atoms with E-state index in [0.29, 0.717) is 0 Å². The minimum Gasteiger partial charge on any atom is -0.321 e. The molecule has 0 spiro atoms. The number of thioether (sulfide) groups is 1. The van der Waals surface area contributed by atoms with Crippen molar-refractivity contribution < 1.29 is 4.79 Å². The van der Waals surface area contributed by atoms with Crippen LogP contribution >= 0.6 is 11.8 Å². The third kappa shape index (κ3) is 3.92. The van der Waals surface area contributed by atoms with E-state index < -0.39 is 0 Å². The molecule has 0 saturated carbocycles. The van der Waals surface area contributed by atoms with Gasteiger partial charge in [0.25, 0.3) is 5.91 Å². The lowest BCUT2D eigenvalue weighted by molar-refractivity contribution is 0.102. The predicted molar refractivity (Wildman–Crippen MR) is 96.1 cm³/mol. The molecule has 22 heavy (non-hydrogen) atoms. The number of hydrogen-bond acceptors (Lipinski definition) is 2. The molecule has 1 amide bonds. The van der Waals surface area contributed by atoms with Gasteiger partial charge in [-0.1, -0.05) is 36.8 Å². The van der Waals surface area contributed by atoms with Crippen LogP contribution in [-0.4, -0.2) is 11.7 Å². The van der Waals surface area contributed by atoms with E-state index in [4.69, 9.17) is 0 Å². The number of carbonyl (C=O) groups is 1. The van der Waals surface area contributed by atoms with E-state index in [9.17, 15) is 4.79 Å². The van der Waals surface area contributed by atoms with Gasteiger partial charge >= 0.3 is 0 Å². The second kappa shape index (κ2) is 7.50. The van der Waals surface area contributed by atoms with Crippen molar-refractivity contribution in [2.45, 2.75) is 39.0 Å². The zero-order chi connectivity index (χ0) is 16.1. The summed E-state index contributed by atoms with van der Waals surface area (Å²) in [5.41, 5.74) is 5.09. The molecule has 3 heteroatoms. The third-order valence-electron chi connectivity index (χ3n) is 3.51. The Balaban J connectivity index is 2.27. The molecule has 0 aliphatic heterocycles. The maximum absolute atomic E-state index is 12.7. The van der Waals surface area contributed by atoms with Gasteiger partial charge in [-0.25, -0.2) is 0 Å². The van der Waals surface area contributed by atoms with Crippen molar-refractivity contribution >= 4 is 23.4 Å². The summed E-state index contributed by atoms with van der Waals surface area (Å²) in [6.45, 7) is 8.29. The number of aryl methyl sites for hydroxylation is 3. The van der Waals surface area contributed by atoms with Crippen molar-refractivity contribution in [3.05, 3.63) is 58.7 Å². The third-order valence-corrected chi connectivity index (χ3v) is 4.79. The van der Waals surface area contributed by atoms with E-state index in [0.717, 1.165) is 39.4 Å². The van der Waals surface area contributed by atoms with Gasteiger partial charge in [-0.15, -0.1) is 11.8 Å². The highest BCUT2D eigenvalue weighted by molar-refractivity contribution is 7.99. The second-order valence-corrected chi connectivity index (χ2v) is 6.71. The summed E-state index contributed by atoms with van der Waals surface area (Å²) in [7, 11) is 0. The molecule has 0 atom stereocenters. The molecule has 0 fully saturated rings. The van der Waals surface area contributed by atoms with Gasteiger partial charge in [0.2, 0.25) is 0 Å². The van der Waals surface area contributed by atoms with E-state index in [1.54, 1.807) is 11.8 Å². The number of anilines is 1. The minimum atomic E-state index is -0.0331. The van der Waals surface area contributed by atoms with Gasteiger partial charge in [0.05, 0.1) is 5.56 Å². The molecule has 2 rings (SSSR count). The van der Waals surface area contributed by atoms with Crippen molar-refractivity contribution in [3.63, 3.8) is 0 Å². The first-order valence-corrected chi connectivity index (χ1v) is 8.62. The SMILES string of the molecule is CCCSc1ccccc1C(=O)Nc1c(C)cc(C)cc1C. The first-order valence-electron chi connectivity index (χ1n) is 7.64. The first-order chi connectivity index (χ1) is 10.5. The lowest BCUT2D eigenvalue weighted by Crippen LogP contribution is -2.15. The van der Waals surface area contributed by atoms with Crippen molar-refractivity contribution in [1.29, 1.82) is 0 Å². The van der Waals surface area contributed by atoms with Crippen molar-refractivity contribution in [1.82, 2.24) is 0 Å². The summed E-state index contributed by atoms with van der Waals surface area (Å²) >= 11 is 1.74. The lowest BCUT2D eigenvalue weighted by Gasteiger charge is -2.14. The van der Waals surface area contributed by atoms with Crippen molar-refractivity contribution in [3.8, 4) is 0 Å². The van der Waals surface area contributed by atoms with Crippen LogP contribution in [0.2, 0.25) is 0 Å². The van der Waals surface area contributed by atoms with Crippen LogP contribution in [-0.2, 0) is 0 Å². The Morgan fingerprint density at radius 3 is 2.36 bits per heavy atom. The van der Waals surface area contributed by atoms with Gasteiger partial charge < -0.3 is 5.32 Å². The highest BCUT2D eigenvalue weighted by Gasteiger charge is 2.13. The molecule has 0 radical (unpaired) electrons. The Hall–Kier alpha value is -1.74. The molecule has 0 saturated heterocycles. The van der Waals surface area contributed by atoms with Crippen LogP contribution in [0.5, 0.6) is 0 Å². The lowest BCUT2D eigenvalue weighted by atomic mass is 10.0. The summed E-state index contributed by atoms with van der Waals surface area (Å²) in [4.78, 5) is 13.7. The van der Waals surface area contributed by atoms with Crippen LogP contribution in [0.4, 0.5) is 5.69 Å². The van der Waals surface area contributed by atoms with E-state index in [1.165, 1.54) is 5.56 Å². The molecule has 0 unspecified atom stereocenters. The van der Waals surface area contributed by atoms with Crippen molar-refractivity contribution in [2.75, 3.05) is 11.1 Å². The van der Waals surface area contributed by atoms with Gasteiger partial charge in [0, 0.05) is 10.6 Å². The average molecular weight is 313 g/mol. The molecule has 0 heterocycles. The maximum Gasteiger partial charge on any atom is 0.256 e. The Labute approximate surface area is 137 Å². The molecular formula is C19H23NOS. The number of amides is 1. The monoisotopic (exact) mass is 313 g/mol. The molecule has 2 aromatic carbocycles. The topological polar surface area (TPSA) is 29.1 Å². The zero-order valence-electron chi connectivity index (χ0n) is 13.7. The zero-order valence-corrected chi connectivity index (χ0v) is 14.5. The molecule has 0 aliphatic rings. The van der Waals surface area contributed by atoms with E-state index in [1.807, 2.05) is 38.1 Å². The van der Waals surface area contributed by atoms with Gasteiger partial charge in [-0.3, -0.25) is 4.79 Å². The van der Waals surface area contributed by atoms with E-state index in [2.05, 4.69) is 31.3 Å². The van der Waals surface area contributed by atoms with E-state index in [-0.39, 0.29) is 5.91 Å². The van der Waals surface area contributed by atoms with Gasteiger partial charge in [0.15, 0.2) is 0 Å². The van der Waals surface area contributed by atoms with Crippen LogP contribution in [0.15, 0.2) is 41.3 Å². The summed E-state index contributed by atoms with van der Waals surface area (Å²) in [6, 6.07) is 12.0. The van der Waals surface area contributed by atoms with Gasteiger partial charge in [-0.2, -0.15) is 0 Å². The summed E-state index contributed by atoms with van der Waals surface area (Å²) in [5.74, 6) is 0.988. The van der Waals surface area contributed by atoms with Crippen LogP contribution in [0, 0.1) is 20.8 Å². The maximum atomic E-state index is 12.7. The largest absolute Gasteiger partial charge is 0.321 e. The second-order valence-electron chi connectivity index (χ2n) is 5.57. The summed E-state index contributed by atoms with van der Waals surface area (Å²) < 4.78 is 0. The summed E-state index contributed by atoms with van der Waals surface area (Å²) in [6.07, 6.45) is 1.09. The molecule has 116 valence electrons. The number of nitrogens with one attached hydrogen (secondary N) is 1. The summed E-state index contributed by atoms with van der Waals surface area (Å²) in [5, 5.41) is 3.09.